The lowest BCUT2D eigenvalue weighted by molar-refractivity contribution is -0.124. The maximum absolute atomic E-state index is 12.3. The molecule has 1 aromatic carbocycles. The largest absolute Gasteiger partial charge is 0.354 e. The quantitative estimate of drug-likeness (QED) is 0.817. The van der Waals surface area contributed by atoms with E-state index in [-0.39, 0.29) is 18.0 Å². The van der Waals surface area contributed by atoms with Gasteiger partial charge in [-0.1, -0.05) is 24.9 Å². The number of halogens is 1. The summed E-state index contributed by atoms with van der Waals surface area (Å²) in [6, 6.07) is 6.31. The van der Waals surface area contributed by atoms with E-state index in [1.165, 1.54) is 0 Å². The summed E-state index contributed by atoms with van der Waals surface area (Å²) in [5.41, 5.74) is 0.673. The lowest BCUT2D eigenvalue weighted by Crippen LogP contribution is -2.47. The Morgan fingerprint density at radius 3 is 2.73 bits per heavy atom. The van der Waals surface area contributed by atoms with Crippen LogP contribution in [-0.2, 0) is 4.79 Å². The van der Waals surface area contributed by atoms with Gasteiger partial charge in [0, 0.05) is 23.8 Å². The number of urea groups is 1. The van der Waals surface area contributed by atoms with Crippen LogP contribution in [-0.4, -0.2) is 36.0 Å². The Labute approximate surface area is 136 Å². The minimum absolute atomic E-state index is 0.0581. The zero-order valence-electron chi connectivity index (χ0n) is 12.8. The third-order valence-corrected chi connectivity index (χ3v) is 3.99. The fourth-order valence-corrected chi connectivity index (χ4v) is 2.64. The zero-order chi connectivity index (χ0) is 15.9. The van der Waals surface area contributed by atoms with Crippen molar-refractivity contribution < 1.29 is 9.59 Å². The molecule has 0 aromatic heterocycles. The highest BCUT2D eigenvalue weighted by Crippen LogP contribution is 2.20. The molecule has 0 aliphatic carbocycles. The van der Waals surface area contributed by atoms with Crippen LogP contribution in [0.5, 0.6) is 0 Å². The summed E-state index contributed by atoms with van der Waals surface area (Å²) >= 11 is 5.82. The summed E-state index contributed by atoms with van der Waals surface area (Å²) in [4.78, 5) is 26.1. The van der Waals surface area contributed by atoms with Crippen molar-refractivity contribution in [3.05, 3.63) is 29.3 Å². The molecular weight excluding hydrogens is 302 g/mol. The first-order valence-corrected chi connectivity index (χ1v) is 8.10. The van der Waals surface area contributed by atoms with Crippen molar-refractivity contribution in [1.29, 1.82) is 0 Å². The summed E-state index contributed by atoms with van der Waals surface area (Å²) in [5, 5.41) is 6.33. The van der Waals surface area contributed by atoms with Gasteiger partial charge in [0.15, 0.2) is 0 Å². The molecule has 1 atom stereocenters. The molecule has 6 heteroatoms. The predicted octanol–water partition coefficient (Wildman–Crippen LogP) is 3.25. The maximum Gasteiger partial charge on any atom is 0.322 e. The molecule has 0 saturated carbocycles. The number of hydrogen-bond donors (Lipinski definition) is 2. The molecule has 22 heavy (non-hydrogen) atoms. The van der Waals surface area contributed by atoms with Crippen molar-refractivity contribution >= 4 is 29.2 Å². The van der Waals surface area contributed by atoms with Gasteiger partial charge in [-0.25, -0.2) is 4.79 Å². The number of amides is 3. The molecule has 1 aliphatic heterocycles. The van der Waals surface area contributed by atoms with Crippen molar-refractivity contribution in [3.63, 3.8) is 0 Å². The molecule has 1 saturated heterocycles. The Bertz CT molecular complexity index is 519. The molecule has 1 aromatic rings. The number of nitrogens with zero attached hydrogens (tertiary/aromatic N) is 1. The van der Waals surface area contributed by atoms with Crippen LogP contribution in [0.4, 0.5) is 10.5 Å². The second-order valence-electron chi connectivity index (χ2n) is 5.43. The first-order chi connectivity index (χ1) is 10.6. The van der Waals surface area contributed by atoms with E-state index < -0.39 is 0 Å². The maximum atomic E-state index is 12.3. The van der Waals surface area contributed by atoms with Crippen molar-refractivity contribution in [2.75, 3.05) is 18.4 Å². The number of benzene rings is 1. The second-order valence-corrected chi connectivity index (χ2v) is 5.87. The molecule has 1 fully saturated rings. The molecule has 3 amide bonds. The van der Waals surface area contributed by atoms with E-state index in [0.717, 1.165) is 19.3 Å². The summed E-state index contributed by atoms with van der Waals surface area (Å²) in [6.45, 7) is 3.34. The third-order valence-electron chi connectivity index (χ3n) is 3.74. The smallest absolute Gasteiger partial charge is 0.322 e. The van der Waals surface area contributed by atoms with Crippen LogP contribution >= 0.6 is 11.6 Å². The monoisotopic (exact) mass is 323 g/mol. The number of likely N-dealkylation sites (tertiary alicyclic amines) is 1. The van der Waals surface area contributed by atoms with Crippen molar-refractivity contribution in [2.45, 2.75) is 38.6 Å². The Kier molecular flexibility index (Phi) is 6.07. The number of carbonyl (C=O) groups excluding carboxylic acids is 2. The van der Waals surface area contributed by atoms with Gasteiger partial charge in [0.05, 0.1) is 0 Å². The SMILES string of the molecule is CCCCNC(=O)C1CCCN1C(=O)Nc1ccc(Cl)cc1. The van der Waals surface area contributed by atoms with Gasteiger partial charge in [-0.2, -0.15) is 0 Å². The van der Waals surface area contributed by atoms with Crippen LogP contribution in [0, 0.1) is 0 Å². The highest BCUT2D eigenvalue weighted by atomic mass is 35.5. The average molecular weight is 324 g/mol. The van der Waals surface area contributed by atoms with Crippen molar-refractivity contribution in [1.82, 2.24) is 10.2 Å². The molecule has 0 bridgehead atoms. The molecular formula is C16H22ClN3O2. The number of hydrogen-bond acceptors (Lipinski definition) is 2. The van der Waals surface area contributed by atoms with E-state index in [0.29, 0.717) is 30.2 Å². The summed E-state index contributed by atoms with van der Waals surface area (Å²) in [6.07, 6.45) is 3.55. The number of rotatable bonds is 5. The standard InChI is InChI=1S/C16H22ClN3O2/c1-2-3-10-18-15(21)14-5-4-11-20(14)16(22)19-13-8-6-12(17)7-9-13/h6-9,14H,2-5,10-11H2,1H3,(H,18,21)(H,19,22). The fourth-order valence-electron chi connectivity index (χ4n) is 2.52. The molecule has 0 spiro atoms. The van der Waals surface area contributed by atoms with Crippen LogP contribution in [0.25, 0.3) is 0 Å². The van der Waals surface area contributed by atoms with Crippen LogP contribution < -0.4 is 10.6 Å². The zero-order valence-corrected chi connectivity index (χ0v) is 13.5. The molecule has 2 rings (SSSR count). The van der Waals surface area contributed by atoms with Crippen molar-refractivity contribution in [3.8, 4) is 0 Å². The number of anilines is 1. The minimum atomic E-state index is -0.371. The number of unbranched alkanes of at least 4 members (excludes halogenated alkanes) is 1. The van der Waals surface area contributed by atoms with Gasteiger partial charge in [0.25, 0.3) is 0 Å². The van der Waals surface area contributed by atoms with E-state index in [2.05, 4.69) is 17.6 Å². The molecule has 2 N–H and O–H groups in total. The van der Waals surface area contributed by atoms with E-state index in [1.54, 1.807) is 29.2 Å². The molecule has 120 valence electrons. The predicted molar refractivity (Wildman–Crippen MR) is 88.1 cm³/mol. The van der Waals surface area contributed by atoms with Gasteiger partial charge in [0.1, 0.15) is 6.04 Å². The third kappa shape index (κ3) is 4.37. The molecule has 1 unspecified atom stereocenters. The summed E-state index contributed by atoms with van der Waals surface area (Å²) in [7, 11) is 0. The highest BCUT2D eigenvalue weighted by Gasteiger charge is 2.33. The Morgan fingerprint density at radius 1 is 1.32 bits per heavy atom. The minimum Gasteiger partial charge on any atom is -0.354 e. The van der Waals surface area contributed by atoms with Gasteiger partial charge in [-0.3, -0.25) is 4.79 Å². The number of nitrogens with one attached hydrogen (secondary N) is 2. The average Bonchev–Trinajstić information content (AvgIpc) is 2.99. The Morgan fingerprint density at radius 2 is 2.05 bits per heavy atom. The second kappa shape index (κ2) is 8.03. The Hall–Kier alpha value is -1.75. The van der Waals surface area contributed by atoms with Gasteiger partial charge < -0.3 is 15.5 Å². The van der Waals surface area contributed by atoms with E-state index in [9.17, 15) is 9.59 Å². The lowest BCUT2D eigenvalue weighted by Gasteiger charge is -2.24. The van der Waals surface area contributed by atoms with Crippen molar-refractivity contribution in [2.24, 2.45) is 0 Å². The first kappa shape index (κ1) is 16.6. The van der Waals surface area contributed by atoms with Crippen LogP contribution in [0.2, 0.25) is 5.02 Å². The van der Waals surface area contributed by atoms with Crippen LogP contribution in [0.15, 0.2) is 24.3 Å². The van der Waals surface area contributed by atoms with Gasteiger partial charge in [-0.15, -0.1) is 0 Å². The van der Waals surface area contributed by atoms with Crippen LogP contribution in [0.3, 0.4) is 0 Å². The van der Waals surface area contributed by atoms with E-state index >= 15 is 0 Å². The van der Waals surface area contributed by atoms with Gasteiger partial charge in [0.2, 0.25) is 5.91 Å². The lowest BCUT2D eigenvalue weighted by atomic mass is 10.2. The van der Waals surface area contributed by atoms with E-state index in [4.69, 9.17) is 11.6 Å². The normalized spacial score (nSPS) is 17.4. The molecule has 1 aliphatic rings. The summed E-state index contributed by atoms with van der Waals surface area (Å²) in [5.74, 6) is -0.0581. The fraction of sp³-hybridized carbons (Fsp3) is 0.500. The van der Waals surface area contributed by atoms with E-state index in [1.807, 2.05) is 0 Å². The van der Waals surface area contributed by atoms with Gasteiger partial charge >= 0.3 is 6.03 Å². The topological polar surface area (TPSA) is 61.4 Å². The molecule has 0 radical (unpaired) electrons. The van der Waals surface area contributed by atoms with Crippen LogP contribution in [0.1, 0.15) is 32.6 Å². The Balaban J connectivity index is 1.92. The highest BCUT2D eigenvalue weighted by molar-refractivity contribution is 6.30. The number of carbonyl (C=O) groups is 2. The summed E-state index contributed by atoms with van der Waals surface area (Å²) < 4.78 is 0. The molecule has 5 nitrogen and oxygen atoms in total. The first-order valence-electron chi connectivity index (χ1n) is 7.72. The van der Waals surface area contributed by atoms with Gasteiger partial charge in [-0.05, 0) is 43.5 Å². The molecule has 1 heterocycles.